The largest absolute Gasteiger partial charge is 0.364 e. The number of fused-ring (bicyclic) bond motifs is 2. The molecule has 0 aliphatic carbocycles. The maximum atomic E-state index is 12.2. The number of nitrogens with one attached hydrogen (secondary N) is 1. The molecule has 0 aromatic carbocycles. The maximum absolute atomic E-state index is 12.2. The number of allylic oxidation sites excluding steroid dienone is 5. The first-order valence-corrected chi connectivity index (χ1v) is 8.35. The van der Waals surface area contributed by atoms with Crippen molar-refractivity contribution in [1.29, 1.82) is 0 Å². The molecular weight excluding hydrogens is 300 g/mol. The molecule has 0 aromatic rings. The van der Waals surface area contributed by atoms with Crippen LogP contribution in [-0.2, 0) is 9.59 Å². The van der Waals surface area contributed by atoms with Gasteiger partial charge in [-0.2, -0.15) is 0 Å². The minimum Gasteiger partial charge on any atom is -0.364 e. The minimum atomic E-state index is -0.448. The van der Waals surface area contributed by atoms with Crippen molar-refractivity contribution in [2.75, 3.05) is 13.1 Å². The van der Waals surface area contributed by atoms with E-state index >= 15 is 0 Å². The quantitative estimate of drug-likeness (QED) is 0.490. The fourth-order valence-electron chi connectivity index (χ4n) is 3.67. The number of carbonyl (C=O) groups is 2. The van der Waals surface area contributed by atoms with Crippen LogP contribution >= 0.6 is 0 Å². The van der Waals surface area contributed by atoms with Crippen LogP contribution < -0.4 is 5.32 Å². The zero-order valence-corrected chi connectivity index (χ0v) is 14.7. The zero-order chi connectivity index (χ0) is 17.5. The molecule has 3 aliphatic rings. The first kappa shape index (κ1) is 16.7. The van der Waals surface area contributed by atoms with E-state index in [2.05, 4.69) is 29.3 Å². The predicted octanol–water partition coefficient (Wildman–Crippen LogP) is 2.46. The Balaban J connectivity index is 2.03. The third-order valence-electron chi connectivity index (χ3n) is 5.13. The molecular formula is C20H24N2O2. The standard InChI is InChI=1S/C20H24N2O2/c1-5-6-17-14(3)19-20(21-19,15(4)24)12-22-10-16(9-18(17)22)8-7-13(2)11-23/h5-9,11,19,21H,10,12H2,1-4H3/b6-5-,13-7+,16-8-. The zero-order valence-electron chi connectivity index (χ0n) is 14.7. The lowest BCUT2D eigenvalue weighted by Gasteiger charge is -2.25. The summed E-state index contributed by atoms with van der Waals surface area (Å²) in [5.74, 6) is 0.196. The number of carbonyl (C=O) groups excluding carboxylic acids is 2. The number of ketones is 1. The summed E-state index contributed by atoms with van der Waals surface area (Å²) in [5.41, 5.74) is 4.99. The summed E-state index contributed by atoms with van der Waals surface area (Å²) in [6.45, 7) is 9.04. The van der Waals surface area contributed by atoms with Crippen LogP contribution in [0.4, 0.5) is 0 Å². The number of Topliss-reactive ketones (excluding diaryl/α,β-unsaturated/α-hetero) is 1. The van der Waals surface area contributed by atoms with E-state index in [1.165, 1.54) is 16.8 Å². The molecule has 3 rings (SSSR count). The Labute approximate surface area is 143 Å². The van der Waals surface area contributed by atoms with Gasteiger partial charge in [-0.1, -0.05) is 24.3 Å². The monoisotopic (exact) mass is 324 g/mol. The van der Waals surface area contributed by atoms with Crippen molar-refractivity contribution in [2.45, 2.75) is 39.3 Å². The molecule has 4 nitrogen and oxygen atoms in total. The highest BCUT2D eigenvalue weighted by atomic mass is 16.1. The van der Waals surface area contributed by atoms with E-state index in [1.54, 1.807) is 13.8 Å². The first-order valence-electron chi connectivity index (χ1n) is 8.35. The van der Waals surface area contributed by atoms with Crippen molar-refractivity contribution in [3.05, 3.63) is 58.4 Å². The van der Waals surface area contributed by atoms with Crippen LogP contribution in [-0.4, -0.2) is 41.6 Å². The molecule has 4 heteroatoms. The summed E-state index contributed by atoms with van der Waals surface area (Å²) in [6.07, 6.45) is 11.0. The molecule has 0 saturated carbocycles. The van der Waals surface area contributed by atoms with Gasteiger partial charge in [-0.05, 0) is 56.1 Å². The smallest absolute Gasteiger partial charge is 0.153 e. The van der Waals surface area contributed by atoms with Crippen molar-refractivity contribution in [3.8, 4) is 0 Å². The van der Waals surface area contributed by atoms with Crippen LogP contribution in [0.3, 0.4) is 0 Å². The molecule has 0 spiro atoms. The second-order valence-corrected chi connectivity index (χ2v) is 6.86. The van der Waals surface area contributed by atoms with Gasteiger partial charge < -0.3 is 4.90 Å². The van der Waals surface area contributed by atoms with Crippen LogP contribution in [0.2, 0.25) is 0 Å². The Morgan fingerprint density at radius 1 is 1.42 bits per heavy atom. The Bertz CT molecular complexity index is 752. The third kappa shape index (κ3) is 2.61. The van der Waals surface area contributed by atoms with Crippen molar-refractivity contribution >= 4 is 12.1 Å². The van der Waals surface area contributed by atoms with E-state index in [9.17, 15) is 9.59 Å². The number of nitrogens with zero attached hydrogens (tertiary/aromatic N) is 1. The van der Waals surface area contributed by atoms with Gasteiger partial charge in [-0.15, -0.1) is 0 Å². The summed E-state index contributed by atoms with van der Waals surface area (Å²) in [5, 5.41) is 3.42. The van der Waals surface area contributed by atoms with Crippen LogP contribution in [0.15, 0.2) is 58.4 Å². The van der Waals surface area contributed by atoms with Crippen molar-refractivity contribution in [1.82, 2.24) is 10.2 Å². The van der Waals surface area contributed by atoms with Crippen LogP contribution in [0.1, 0.15) is 27.7 Å². The van der Waals surface area contributed by atoms with Gasteiger partial charge in [0.25, 0.3) is 0 Å². The summed E-state index contributed by atoms with van der Waals surface area (Å²) < 4.78 is 0. The average molecular weight is 324 g/mol. The van der Waals surface area contributed by atoms with Crippen molar-refractivity contribution < 1.29 is 9.59 Å². The van der Waals surface area contributed by atoms with Gasteiger partial charge in [0.05, 0.1) is 6.04 Å². The molecule has 3 aliphatic heterocycles. The molecule has 126 valence electrons. The summed E-state index contributed by atoms with van der Waals surface area (Å²) in [7, 11) is 0. The van der Waals surface area contributed by atoms with Gasteiger partial charge in [0, 0.05) is 18.8 Å². The second kappa shape index (κ2) is 6.02. The van der Waals surface area contributed by atoms with Gasteiger partial charge >= 0.3 is 0 Å². The number of hydrogen-bond acceptors (Lipinski definition) is 4. The molecule has 24 heavy (non-hydrogen) atoms. The van der Waals surface area contributed by atoms with E-state index in [4.69, 9.17) is 0 Å². The Morgan fingerprint density at radius 2 is 2.17 bits per heavy atom. The summed E-state index contributed by atoms with van der Waals surface area (Å²) >= 11 is 0. The summed E-state index contributed by atoms with van der Waals surface area (Å²) in [4.78, 5) is 25.3. The maximum Gasteiger partial charge on any atom is 0.153 e. The van der Waals surface area contributed by atoms with Gasteiger partial charge in [0.15, 0.2) is 5.78 Å². The Kier molecular flexibility index (Phi) is 4.18. The van der Waals surface area contributed by atoms with E-state index in [1.807, 2.05) is 25.2 Å². The molecule has 0 amide bonds. The van der Waals surface area contributed by atoms with Crippen molar-refractivity contribution in [3.63, 3.8) is 0 Å². The fourth-order valence-corrected chi connectivity index (χ4v) is 3.67. The molecule has 2 atom stereocenters. The molecule has 1 N–H and O–H groups in total. The van der Waals surface area contributed by atoms with Crippen molar-refractivity contribution in [2.24, 2.45) is 0 Å². The second-order valence-electron chi connectivity index (χ2n) is 6.86. The number of rotatable bonds is 4. The molecule has 0 aromatic heterocycles. The van der Waals surface area contributed by atoms with Crippen LogP contribution in [0, 0.1) is 0 Å². The fraction of sp³-hybridized carbons (Fsp3) is 0.400. The summed E-state index contributed by atoms with van der Waals surface area (Å²) in [6, 6.07) is 0.136. The molecule has 0 radical (unpaired) electrons. The molecule has 1 saturated heterocycles. The van der Waals surface area contributed by atoms with E-state index < -0.39 is 5.54 Å². The van der Waals surface area contributed by atoms with Gasteiger partial charge in [-0.3, -0.25) is 14.9 Å². The van der Waals surface area contributed by atoms with E-state index in [-0.39, 0.29) is 11.8 Å². The lowest BCUT2D eigenvalue weighted by Crippen LogP contribution is -2.40. The first-order chi connectivity index (χ1) is 11.4. The molecule has 3 heterocycles. The predicted molar refractivity (Wildman–Crippen MR) is 95.4 cm³/mol. The normalized spacial score (nSPS) is 31.1. The SMILES string of the molecule is C/C=C\C1=C(C)C2NC2(C(C)=O)CN2C/C(=C\C=C(/C)C=O)C=C12. The van der Waals surface area contributed by atoms with Gasteiger partial charge in [0.2, 0.25) is 0 Å². The number of aldehydes is 1. The van der Waals surface area contributed by atoms with Gasteiger partial charge in [0.1, 0.15) is 11.8 Å². The average Bonchev–Trinajstić information content (AvgIpc) is 3.18. The van der Waals surface area contributed by atoms with Crippen LogP contribution in [0.5, 0.6) is 0 Å². The number of hydrogen-bond donors (Lipinski definition) is 1. The molecule has 1 fully saturated rings. The lowest BCUT2D eigenvalue weighted by molar-refractivity contribution is -0.119. The highest BCUT2D eigenvalue weighted by Crippen LogP contribution is 2.43. The minimum absolute atomic E-state index is 0.136. The van der Waals surface area contributed by atoms with E-state index in [0.29, 0.717) is 12.1 Å². The highest BCUT2D eigenvalue weighted by Gasteiger charge is 2.61. The lowest BCUT2D eigenvalue weighted by atomic mass is 9.94. The molecule has 2 unspecified atom stereocenters. The third-order valence-corrected chi connectivity index (χ3v) is 5.13. The Morgan fingerprint density at radius 3 is 2.79 bits per heavy atom. The van der Waals surface area contributed by atoms with Crippen LogP contribution in [0.25, 0.3) is 0 Å². The topological polar surface area (TPSA) is 59.3 Å². The van der Waals surface area contributed by atoms with E-state index in [0.717, 1.165) is 18.4 Å². The van der Waals surface area contributed by atoms with Gasteiger partial charge in [-0.25, -0.2) is 0 Å². The highest BCUT2D eigenvalue weighted by molar-refractivity contribution is 5.92. The molecule has 0 bridgehead atoms. The Hall–Kier alpha value is -2.20.